The molecule has 0 unspecified atom stereocenters. The minimum absolute atomic E-state index is 0.0606. The van der Waals surface area contributed by atoms with Crippen LogP contribution < -0.4 is 4.90 Å². The minimum atomic E-state index is -0.0606. The lowest BCUT2D eigenvalue weighted by molar-refractivity contribution is -0.116. The van der Waals surface area contributed by atoms with E-state index in [-0.39, 0.29) is 5.91 Å². The Morgan fingerprint density at radius 3 is 2.65 bits per heavy atom. The molecule has 0 saturated heterocycles. The standard InChI is InChI=1S/C10H10BrN5O/c1-7(17)15(2)9-5-16(14-10(9)11)8-3-12-6-13-4-8/h3-6H,1-2H3. The van der Waals surface area contributed by atoms with Gasteiger partial charge in [0.15, 0.2) is 4.60 Å². The predicted octanol–water partition coefficient (Wildman–Crippen LogP) is 1.41. The first-order valence-electron chi connectivity index (χ1n) is 4.84. The molecule has 0 aliphatic carbocycles. The van der Waals surface area contributed by atoms with E-state index in [0.29, 0.717) is 10.3 Å². The summed E-state index contributed by atoms with van der Waals surface area (Å²) >= 11 is 3.32. The summed E-state index contributed by atoms with van der Waals surface area (Å²) in [4.78, 5) is 20.6. The number of carbonyl (C=O) groups excluding carboxylic acids is 1. The number of anilines is 1. The first-order chi connectivity index (χ1) is 8.09. The summed E-state index contributed by atoms with van der Waals surface area (Å²) in [5, 5.41) is 4.24. The molecule has 0 bridgehead atoms. The smallest absolute Gasteiger partial charge is 0.223 e. The van der Waals surface area contributed by atoms with Crippen molar-refractivity contribution in [1.29, 1.82) is 0 Å². The number of amides is 1. The van der Waals surface area contributed by atoms with Crippen LogP contribution in [0.2, 0.25) is 0 Å². The second kappa shape index (κ2) is 4.62. The van der Waals surface area contributed by atoms with E-state index in [4.69, 9.17) is 0 Å². The molecule has 0 radical (unpaired) electrons. The van der Waals surface area contributed by atoms with Crippen LogP contribution in [0.3, 0.4) is 0 Å². The second-order valence-electron chi connectivity index (χ2n) is 3.42. The van der Waals surface area contributed by atoms with Crippen molar-refractivity contribution in [1.82, 2.24) is 19.7 Å². The Kier molecular flexibility index (Phi) is 3.19. The van der Waals surface area contributed by atoms with Crippen molar-refractivity contribution in [3.8, 4) is 5.69 Å². The van der Waals surface area contributed by atoms with Crippen LogP contribution in [0.5, 0.6) is 0 Å². The van der Waals surface area contributed by atoms with Crippen molar-refractivity contribution in [2.75, 3.05) is 11.9 Å². The van der Waals surface area contributed by atoms with Crippen LogP contribution in [0.25, 0.3) is 5.69 Å². The summed E-state index contributed by atoms with van der Waals surface area (Å²) in [7, 11) is 1.69. The quantitative estimate of drug-likeness (QED) is 0.840. The third-order valence-corrected chi connectivity index (χ3v) is 2.86. The number of rotatable bonds is 2. The zero-order chi connectivity index (χ0) is 12.4. The SMILES string of the molecule is CC(=O)N(C)c1cn(-c2cncnc2)nc1Br. The van der Waals surface area contributed by atoms with Crippen LogP contribution in [-0.4, -0.2) is 32.7 Å². The molecule has 0 fully saturated rings. The van der Waals surface area contributed by atoms with Crippen molar-refractivity contribution >= 4 is 27.5 Å². The molecule has 6 nitrogen and oxygen atoms in total. The Morgan fingerprint density at radius 1 is 1.41 bits per heavy atom. The van der Waals surface area contributed by atoms with Crippen LogP contribution in [0.1, 0.15) is 6.92 Å². The third-order valence-electron chi connectivity index (χ3n) is 2.30. The topological polar surface area (TPSA) is 63.9 Å². The average Bonchev–Trinajstić information content (AvgIpc) is 2.71. The predicted molar refractivity (Wildman–Crippen MR) is 65.9 cm³/mol. The van der Waals surface area contributed by atoms with E-state index in [1.807, 2.05) is 0 Å². The van der Waals surface area contributed by atoms with Gasteiger partial charge in [0.25, 0.3) is 0 Å². The monoisotopic (exact) mass is 295 g/mol. The Hall–Kier alpha value is -1.76. The van der Waals surface area contributed by atoms with Crippen LogP contribution >= 0.6 is 15.9 Å². The third kappa shape index (κ3) is 2.33. The van der Waals surface area contributed by atoms with Crippen molar-refractivity contribution in [3.05, 3.63) is 29.5 Å². The van der Waals surface area contributed by atoms with Gasteiger partial charge in [-0.3, -0.25) is 4.79 Å². The minimum Gasteiger partial charge on any atom is -0.312 e. The largest absolute Gasteiger partial charge is 0.312 e. The Balaban J connectivity index is 2.41. The maximum absolute atomic E-state index is 11.3. The van der Waals surface area contributed by atoms with Crippen LogP contribution in [0, 0.1) is 0 Å². The van der Waals surface area contributed by atoms with Crippen molar-refractivity contribution < 1.29 is 4.79 Å². The number of aromatic nitrogens is 4. The lowest BCUT2D eigenvalue weighted by atomic mass is 10.4. The van der Waals surface area contributed by atoms with Gasteiger partial charge in [-0.2, -0.15) is 5.10 Å². The maximum Gasteiger partial charge on any atom is 0.223 e. The summed E-state index contributed by atoms with van der Waals surface area (Å²) in [6, 6.07) is 0. The van der Waals surface area contributed by atoms with Gasteiger partial charge < -0.3 is 4.90 Å². The van der Waals surface area contributed by atoms with E-state index < -0.39 is 0 Å². The van der Waals surface area contributed by atoms with Gasteiger partial charge in [-0.15, -0.1) is 0 Å². The molecule has 2 rings (SSSR count). The molecule has 7 heteroatoms. The average molecular weight is 296 g/mol. The first kappa shape index (κ1) is 11.7. The van der Waals surface area contributed by atoms with Gasteiger partial charge in [-0.05, 0) is 15.9 Å². The molecule has 0 spiro atoms. The zero-order valence-corrected chi connectivity index (χ0v) is 10.9. The summed E-state index contributed by atoms with van der Waals surface area (Å²) in [6.07, 6.45) is 6.48. The van der Waals surface area contributed by atoms with Gasteiger partial charge in [-0.1, -0.05) is 0 Å². The van der Waals surface area contributed by atoms with Crippen molar-refractivity contribution in [2.45, 2.75) is 6.92 Å². The van der Waals surface area contributed by atoms with Crippen LogP contribution in [-0.2, 0) is 4.79 Å². The lowest BCUT2D eigenvalue weighted by Gasteiger charge is -2.11. The molecule has 0 N–H and O–H groups in total. The van der Waals surface area contributed by atoms with Gasteiger partial charge in [0, 0.05) is 14.0 Å². The Morgan fingerprint density at radius 2 is 2.06 bits per heavy atom. The van der Waals surface area contributed by atoms with Gasteiger partial charge in [-0.25, -0.2) is 14.6 Å². The summed E-state index contributed by atoms with van der Waals surface area (Å²) in [5.74, 6) is -0.0606. The summed E-state index contributed by atoms with van der Waals surface area (Å²) in [5.41, 5.74) is 1.43. The Bertz CT molecular complexity index is 539. The number of nitrogens with zero attached hydrogens (tertiary/aromatic N) is 5. The molecular weight excluding hydrogens is 286 g/mol. The normalized spacial score (nSPS) is 10.3. The molecule has 0 aromatic carbocycles. The highest BCUT2D eigenvalue weighted by Gasteiger charge is 2.14. The molecule has 0 aliphatic heterocycles. The number of hydrogen-bond donors (Lipinski definition) is 0. The molecule has 0 saturated carbocycles. The van der Waals surface area contributed by atoms with E-state index >= 15 is 0 Å². The molecule has 2 aromatic heterocycles. The van der Waals surface area contributed by atoms with E-state index in [9.17, 15) is 4.79 Å². The zero-order valence-electron chi connectivity index (χ0n) is 9.33. The fourth-order valence-corrected chi connectivity index (χ4v) is 1.82. The fraction of sp³-hybridized carbons (Fsp3) is 0.200. The molecule has 2 heterocycles. The highest BCUT2D eigenvalue weighted by atomic mass is 79.9. The van der Waals surface area contributed by atoms with Gasteiger partial charge in [0.1, 0.15) is 12.0 Å². The molecule has 2 aromatic rings. The maximum atomic E-state index is 11.3. The Labute approximate surface area is 106 Å². The molecule has 0 atom stereocenters. The summed E-state index contributed by atoms with van der Waals surface area (Å²) in [6.45, 7) is 1.50. The second-order valence-corrected chi connectivity index (χ2v) is 4.18. The van der Waals surface area contributed by atoms with Crippen molar-refractivity contribution in [3.63, 3.8) is 0 Å². The molecule has 1 amide bonds. The highest BCUT2D eigenvalue weighted by molar-refractivity contribution is 9.10. The number of carbonyl (C=O) groups is 1. The van der Waals surface area contributed by atoms with E-state index in [0.717, 1.165) is 5.69 Å². The van der Waals surface area contributed by atoms with E-state index in [2.05, 4.69) is 31.0 Å². The number of halogens is 1. The summed E-state index contributed by atoms with van der Waals surface area (Å²) < 4.78 is 2.21. The molecular formula is C10H10BrN5O. The number of hydrogen-bond acceptors (Lipinski definition) is 4. The lowest BCUT2D eigenvalue weighted by Crippen LogP contribution is -2.22. The van der Waals surface area contributed by atoms with Crippen LogP contribution in [0.4, 0.5) is 5.69 Å². The molecule has 88 valence electrons. The van der Waals surface area contributed by atoms with Crippen LogP contribution in [0.15, 0.2) is 29.5 Å². The van der Waals surface area contributed by atoms with Gasteiger partial charge in [0.05, 0.1) is 24.3 Å². The van der Waals surface area contributed by atoms with Gasteiger partial charge in [0.2, 0.25) is 5.91 Å². The van der Waals surface area contributed by atoms with E-state index in [1.165, 1.54) is 18.2 Å². The first-order valence-corrected chi connectivity index (χ1v) is 5.63. The van der Waals surface area contributed by atoms with Gasteiger partial charge >= 0.3 is 0 Å². The fourth-order valence-electron chi connectivity index (χ4n) is 1.28. The highest BCUT2D eigenvalue weighted by Crippen LogP contribution is 2.25. The molecule has 17 heavy (non-hydrogen) atoms. The van der Waals surface area contributed by atoms with E-state index in [1.54, 1.807) is 30.3 Å². The van der Waals surface area contributed by atoms with Crippen molar-refractivity contribution in [2.24, 2.45) is 0 Å². The molecule has 0 aliphatic rings.